The molecule has 2 aliphatic carbocycles. The topological polar surface area (TPSA) is 58.4 Å². The van der Waals surface area contributed by atoms with Gasteiger partial charge in [-0.3, -0.25) is 9.48 Å². The Balaban J connectivity index is 1.15. The van der Waals surface area contributed by atoms with Crippen LogP contribution in [-0.2, 0) is 17.8 Å². The molecule has 2 aliphatic heterocycles. The summed E-state index contributed by atoms with van der Waals surface area (Å²) in [4.78, 5) is 14.6. The van der Waals surface area contributed by atoms with E-state index in [0.717, 1.165) is 19.6 Å². The molecule has 5 rings (SSSR count). The van der Waals surface area contributed by atoms with Gasteiger partial charge in [0.1, 0.15) is 0 Å². The van der Waals surface area contributed by atoms with E-state index in [0.29, 0.717) is 24.2 Å². The molecule has 1 spiro atoms. The highest BCUT2D eigenvalue weighted by Gasteiger charge is 2.51. The number of hydrogen-bond acceptors (Lipinski definition) is 3. The van der Waals surface area contributed by atoms with E-state index in [1.807, 2.05) is 6.92 Å². The maximum absolute atomic E-state index is 12.5. The molecule has 142 valence electrons. The average molecular weight is 357 g/mol. The molecule has 0 radical (unpaired) electrons. The summed E-state index contributed by atoms with van der Waals surface area (Å²) < 4.78 is 2.24. The molecule has 5 nitrogen and oxygen atoms in total. The number of carbonyl (C=O) groups excluding carboxylic acids is 1. The summed E-state index contributed by atoms with van der Waals surface area (Å²) in [6.45, 7) is 4.81. The minimum Gasteiger partial charge on any atom is -0.390 e. The Kier molecular flexibility index (Phi) is 3.76. The van der Waals surface area contributed by atoms with Gasteiger partial charge in [-0.1, -0.05) is 0 Å². The van der Waals surface area contributed by atoms with Gasteiger partial charge in [0, 0.05) is 42.6 Å². The van der Waals surface area contributed by atoms with Gasteiger partial charge < -0.3 is 10.0 Å². The van der Waals surface area contributed by atoms with Crippen molar-refractivity contribution in [3.63, 3.8) is 0 Å². The second-order valence-corrected chi connectivity index (χ2v) is 9.81. The van der Waals surface area contributed by atoms with Crippen LogP contribution in [-0.4, -0.2) is 44.4 Å². The second kappa shape index (κ2) is 5.82. The Morgan fingerprint density at radius 2 is 1.96 bits per heavy atom. The molecule has 3 heterocycles. The number of hydrogen-bond donors (Lipinski definition) is 1. The lowest BCUT2D eigenvalue weighted by atomic mass is 9.64. The van der Waals surface area contributed by atoms with Gasteiger partial charge in [-0.2, -0.15) is 5.10 Å². The molecule has 1 N–H and O–H groups in total. The van der Waals surface area contributed by atoms with Gasteiger partial charge in [0.15, 0.2) is 0 Å². The number of aromatic nitrogens is 2. The number of aryl methyl sites for hydroxylation is 2. The van der Waals surface area contributed by atoms with E-state index in [9.17, 15) is 9.90 Å². The fraction of sp³-hybridized carbons (Fsp3) is 0.810. The normalized spacial score (nSPS) is 33.5. The number of aliphatic hydroxyl groups is 1. The highest BCUT2D eigenvalue weighted by Crippen LogP contribution is 2.49. The molecule has 5 heteroatoms. The SMILES string of the molecule is CC1(O)CC(C(=O)N2CC3(CCC(c4cc5n(n4)CCCC5)CC3)C2)C1. The van der Waals surface area contributed by atoms with E-state index in [2.05, 4.69) is 15.6 Å². The maximum Gasteiger partial charge on any atom is 0.225 e. The zero-order valence-corrected chi connectivity index (χ0v) is 15.9. The first-order valence-electron chi connectivity index (χ1n) is 10.5. The third kappa shape index (κ3) is 2.79. The first-order chi connectivity index (χ1) is 12.4. The molecule has 1 aromatic rings. The first-order valence-corrected chi connectivity index (χ1v) is 10.5. The number of likely N-dealkylation sites (tertiary alicyclic amines) is 1. The lowest BCUT2D eigenvalue weighted by Crippen LogP contribution is -2.62. The maximum atomic E-state index is 12.5. The summed E-state index contributed by atoms with van der Waals surface area (Å²) >= 11 is 0. The van der Waals surface area contributed by atoms with Crippen LogP contribution in [0, 0.1) is 11.3 Å². The van der Waals surface area contributed by atoms with Crippen molar-refractivity contribution in [1.82, 2.24) is 14.7 Å². The van der Waals surface area contributed by atoms with Crippen LogP contribution in [0.1, 0.15) is 75.6 Å². The predicted molar refractivity (Wildman–Crippen MR) is 98.7 cm³/mol. The van der Waals surface area contributed by atoms with E-state index in [1.165, 1.54) is 56.3 Å². The Morgan fingerprint density at radius 3 is 2.62 bits per heavy atom. The standard InChI is InChI=1S/C21H31N3O2/c1-20(26)11-16(12-20)19(25)23-13-21(14-23)7-5-15(6-8-21)18-10-17-4-2-3-9-24(17)22-18/h10,15-16,26H,2-9,11-14H2,1H3. The zero-order chi connectivity index (χ0) is 17.9. The molecular weight excluding hydrogens is 326 g/mol. The van der Waals surface area contributed by atoms with Gasteiger partial charge in [0.2, 0.25) is 5.91 Å². The monoisotopic (exact) mass is 357 g/mol. The smallest absolute Gasteiger partial charge is 0.225 e. The lowest BCUT2D eigenvalue weighted by molar-refractivity contribution is -0.163. The molecule has 4 aliphatic rings. The van der Waals surface area contributed by atoms with Crippen molar-refractivity contribution in [2.45, 2.75) is 82.8 Å². The van der Waals surface area contributed by atoms with Crippen LogP contribution in [0.2, 0.25) is 0 Å². The lowest BCUT2D eigenvalue weighted by Gasteiger charge is -2.55. The highest BCUT2D eigenvalue weighted by molar-refractivity contribution is 5.81. The van der Waals surface area contributed by atoms with Crippen molar-refractivity contribution in [1.29, 1.82) is 0 Å². The molecule has 1 aromatic heterocycles. The van der Waals surface area contributed by atoms with Crippen LogP contribution in [0.3, 0.4) is 0 Å². The zero-order valence-electron chi connectivity index (χ0n) is 15.9. The van der Waals surface area contributed by atoms with Crippen LogP contribution >= 0.6 is 0 Å². The van der Waals surface area contributed by atoms with Crippen LogP contribution in [0.4, 0.5) is 0 Å². The van der Waals surface area contributed by atoms with Crippen molar-refractivity contribution in [2.24, 2.45) is 11.3 Å². The molecule has 1 amide bonds. The fourth-order valence-electron chi connectivity index (χ4n) is 5.84. The summed E-state index contributed by atoms with van der Waals surface area (Å²) in [6.07, 6.45) is 9.94. The number of amides is 1. The molecule has 26 heavy (non-hydrogen) atoms. The number of fused-ring (bicyclic) bond motifs is 1. The van der Waals surface area contributed by atoms with Crippen LogP contribution in [0.25, 0.3) is 0 Å². The Labute approximate surface area is 155 Å². The van der Waals surface area contributed by atoms with Gasteiger partial charge >= 0.3 is 0 Å². The molecule has 0 unspecified atom stereocenters. The third-order valence-corrected chi connectivity index (χ3v) is 7.49. The fourth-order valence-corrected chi connectivity index (χ4v) is 5.84. The van der Waals surface area contributed by atoms with Gasteiger partial charge in [-0.05, 0) is 70.8 Å². The molecular formula is C21H31N3O2. The molecule has 0 aromatic carbocycles. The Bertz CT molecular complexity index is 675. The van der Waals surface area contributed by atoms with E-state index in [4.69, 9.17) is 5.10 Å². The van der Waals surface area contributed by atoms with Crippen molar-refractivity contribution < 1.29 is 9.90 Å². The van der Waals surface area contributed by atoms with Crippen molar-refractivity contribution >= 4 is 5.91 Å². The summed E-state index contributed by atoms with van der Waals surface area (Å²) in [5, 5.41) is 14.8. The number of rotatable bonds is 2. The molecule has 0 atom stereocenters. The Hall–Kier alpha value is -1.36. The first kappa shape index (κ1) is 16.8. The molecule has 1 saturated heterocycles. The van der Waals surface area contributed by atoms with E-state index >= 15 is 0 Å². The summed E-state index contributed by atoms with van der Waals surface area (Å²) in [6, 6.07) is 2.36. The summed E-state index contributed by atoms with van der Waals surface area (Å²) in [5.74, 6) is 0.965. The predicted octanol–water partition coefficient (Wildman–Crippen LogP) is 2.87. The van der Waals surface area contributed by atoms with Gasteiger partial charge in [-0.25, -0.2) is 0 Å². The van der Waals surface area contributed by atoms with Crippen molar-refractivity contribution in [2.75, 3.05) is 13.1 Å². The van der Waals surface area contributed by atoms with Gasteiger partial charge in [-0.15, -0.1) is 0 Å². The van der Waals surface area contributed by atoms with Crippen LogP contribution in [0.5, 0.6) is 0 Å². The largest absolute Gasteiger partial charge is 0.390 e. The Morgan fingerprint density at radius 1 is 1.23 bits per heavy atom. The van der Waals surface area contributed by atoms with Gasteiger partial charge in [0.25, 0.3) is 0 Å². The van der Waals surface area contributed by atoms with E-state index in [-0.39, 0.29) is 11.8 Å². The van der Waals surface area contributed by atoms with Crippen LogP contribution < -0.4 is 0 Å². The summed E-state index contributed by atoms with van der Waals surface area (Å²) in [7, 11) is 0. The minimum atomic E-state index is -0.606. The van der Waals surface area contributed by atoms with E-state index in [1.54, 1.807) is 0 Å². The van der Waals surface area contributed by atoms with Crippen molar-refractivity contribution in [3.05, 3.63) is 17.5 Å². The van der Waals surface area contributed by atoms with Crippen LogP contribution in [0.15, 0.2) is 6.07 Å². The second-order valence-electron chi connectivity index (χ2n) is 9.81. The van der Waals surface area contributed by atoms with Crippen molar-refractivity contribution in [3.8, 4) is 0 Å². The van der Waals surface area contributed by atoms with E-state index < -0.39 is 5.60 Å². The number of nitrogens with zero attached hydrogens (tertiary/aromatic N) is 3. The third-order valence-electron chi connectivity index (χ3n) is 7.49. The molecule has 3 fully saturated rings. The van der Waals surface area contributed by atoms with Gasteiger partial charge in [0.05, 0.1) is 11.3 Å². The molecule has 2 saturated carbocycles. The highest BCUT2D eigenvalue weighted by atomic mass is 16.3. The summed E-state index contributed by atoms with van der Waals surface area (Å²) in [5.41, 5.74) is 2.52. The molecule has 0 bridgehead atoms. The number of carbonyl (C=O) groups is 1. The average Bonchev–Trinajstić information content (AvgIpc) is 3.01. The quantitative estimate of drug-likeness (QED) is 0.885. The minimum absolute atomic E-state index is 0.0653.